The number of aromatic nitrogens is 2. The molecule has 0 fully saturated rings. The van der Waals surface area contributed by atoms with Gasteiger partial charge in [-0.3, -0.25) is 0 Å². The second-order valence-corrected chi connectivity index (χ2v) is 3.50. The fourth-order valence-electron chi connectivity index (χ4n) is 1.04. The fourth-order valence-corrected chi connectivity index (χ4v) is 1.65. The summed E-state index contributed by atoms with van der Waals surface area (Å²) in [5.74, 6) is 1.49. The van der Waals surface area contributed by atoms with Crippen molar-refractivity contribution in [2.24, 2.45) is 0 Å². The van der Waals surface area contributed by atoms with Gasteiger partial charge in [-0.1, -0.05) is 23.7 Å². The Morgan fingerprint density at radius 3 is 2.53 bits per heavy atom. The highest BCUT2D eigenvalue weighted by Crippen LogP contribution is 2.33. The Labute approximate surface area is 95.7 Å². The van der Waals surface area contributed by atoms with Crippen LogP contribution in [0, 0.1) is 0 Å². The van der Waals surface area contributed by atoms with Crippen molar-refractivity contribution in [1.29, 1.82) is 0 Å². The van der Waals surface area contributed by atoms with E-state index in [-0.39, 0.29) is 5.15 Å². The first-order valence-corrected chi connectivity index (χ1v) is 5.21. The smallest absolute Gasteiger partial charge is 0.271 e. The molecule has 0 atom stereocenters. The topological polar surface area (TPSA) is 44.2 Å². The van der Waals surface area contributed by atoms with Gasteiger partial charge in [0.1, 0.15) is 0 Å². The summed E-state index contributed by atoms with van der Waals surface area (Å²) in [6, 6.07) is 7.26. The quantitative estimate of drug-likeness (QED) is 0.830. The van der Waals surface area contributed by atoms with E-state index >= 15 is 0 Å². The van der Waals surface area contributed by atoms with E-state index in [4.69, 9.17) is 21.1 Å². The number of methoxy groups -OCH3 is 1. The SMILES string of the molecule is COc1ccccc1Oc1nsnc1Cl. The first-order valence-electron chi connectivity index (χ1n) is 4.10. The summed E-state index contributed by atoms with van der Waals surface area (Å²) in [6.07, 6.45) is 0. The van der Waals surface area contributed by atoms with Crippen molar-refractivity contribution in [2.45, 2.75) is 0 Å². The molecule has 1 heterocycles. The molecule has 0 bridgehead atoms. The average Bonchev–Trinajstić information content (AvgIpc) is 2.65. The Morgan fingerprint density at radius 1 is 1.20 bits per heavy atom. The Kier molecular flexibility index (Phi) is 3.03. The van der Waals surface area contributed by atoms with Crippen molar-refractivity contribution in [2.75, 3.05) is 7.11 Å². The molecule has 2 rings (SSSR count). The number of hydrogen-bond donors (Lipinski definition) is 0. The Balaban J connectivity index is 2.28. The summed E-state index contributed by atoms with van der Waals surface area (Å²) in [5, 5.41) is 0.255. The molecule has 0 aliphatic rings. The summed E-state index contributed by atoms with van der Waals surface area (Å²) in [7, 11) is 1.57. The molecular formula is C9H7ClN2O2S. The Morgan fingerprint density at radius 2 is 1.93 bits per heavy atom. The zero-order chi connectivity index (χ0) is 10.7. The molecule has 0 aliphatic carbocycles. The van der Waals surface area contributed by atoms with Gasteiger partial charge in [0.2, 0.25) is 5.15 Å². The molecule has 78 valence electrons. The van der Waals surface area contributed by atoms with Gasteiger partial charge < -0.3 is 9.47 Å². The maximum Gasteiger partial charge on any atom is 0.271 e. The van der Waals surface area contributed by atoms with Gasteiger partial charge in [-0.25, -0.2) is 0 Å². The van der Waals surface area contributed by atoms with Gasteiger partial charge in [0.25, 0.3) is 5.88 Å². The van der Waals surface area contributed by atoms with Crippen LogP contribution in [0.4, 0.5) is 0 Å². The third-order valence-corrected chi connectivity index (χ3v) is 2.55. The number of halogens is 1. The molecular weight excluding hydrogens is 236 g/mol. The zero-order valence-electron chi connectivity index (χ0n) is 7.81. The van der Waals surface area contributed by atoms with Crippen LogP contribution in [-0.4, -0.2) is 15.9 Å². The largest absolute Gasteiger partial charge is 0.493 e. The van der Waals surface area contributed by atoms with E-state index in [1.165, 1.54) is 0 Å². The minimum absolute atomic E-state index is 0.255. The maximum atomic E-state index is 5.76. The van der Waals surface area contributed by atoms with Crippen LogP contribution in [-0.2, 0) is 0 Å². The van der Waals surface area contributed by atoms with Gasteiger partial charge in [0, 0.05) is 0 Å². The number of para-hydroxylation sites is 2. The standard InChI is InChI=1S/C9H7ClN2O2S/c1-13-6-4-2-3-5-7(6)14-9-8(10)11-15-12-9/h2-5H,1H3. The molecule has 0 radical (unpaired) electrons. The maximum absolute atomic E-state index is 5.76. The third-order valence-electron chi connectivity index (χ3n) is 1.70. The molecule has 0 saturated heterocycles. The number of nitrogens with zero attached hydrogens (tertiary/aromatic N) is 2. The van der Waals surface area contributed by atoms with Crippen LogP contribution in [0.2, 0.25) is 5.15 Å². The van der Waals surface area contributed by atoms with Crippen molar-refractivity contribution >= 4 is 23.3 Å². The van der Waals surface area contributed by atoms with Crippen LogP contribution < -0.4 is 9.47 Å². The highest BCUT2D eigenvalue weighted by molar-refractivity contribution is 6.99. The summed E-state index contributed by atoms with van der Waals surface area (Å²) in [5.41, 5.74) is 0. The molecule has 4 nitrogen and oxygen atoms in total. The molecule has 1 aromatic carbocycles. The molecule has 0 N–H and O–H groups in total. The predicted molar refractivity (Wildman–Crippen MR) is 58.0 cm³/mol. The second kappa shape index (κ2) is 4.46. The Hall–Kier alpha value is -1.33. The van der Waals surface area contributed by atoms with E-state index in [1.807, 2.05) is 12.1 Å². The van der Waals surface area contributed by atoms with E-state index in [9.17, 15) is 0 Å². The summed E-state index contributed by atoms with van der Waals surface area (Å²) >= 11 is 6.76. The second-order valence-electron chi connectivity index (χ2n) is 2.61. The van der Waals surface area contributed by atoms with Crippen LogP contribution >= 0.6 is 23.3 Å². The van der Waals surface area contributed by atoms with E-state index in [0.29, 0.717) is 17.4 Å². The van der Waals surface area contributed by atoms with Gasteiger partial charge in [-0.05, 0) is 12.1 Å². The fraction of sp³-hybridized carbons (Fsp3) is 0.111. The van der Waals surface area contributed by atoms with Crippen molar-refractivity contribution in [3.8, 4) is 17.4 Å². The third kappa shape index (κ3) is 2.19. The van der Waals surface area contributed by atoms with Crippen LogP contribution in [0.1, 0.15) is 0 Å². The van der Waals surface area contributed by atoms with Crippen LogP contribution in [0.3, 0.4) is 0 Å². The molecule has 0 saturated carbocycles. The van der Waals surface area contributed by atoms with Gasteiger partial charge in [0.05, 0.1) is 18.8 Å². The lowest BCUT2D eigenvalue weighted by Gasteiger charge is -2.06. The number of ether oxygens (including phenoxy) is 2. The van der Waals surface area contributed by atoms with Gasteiger partial charge >= 0.3 is 0 Å². The molecule has 0 unspecified atom stereocenters. The highest BCUT2D eigenvalue weighted by Gasteiger charge is 2.10. The lowest BCUT2D eigenvalue weighted by molar-refractivity contribution is 0.375. The zero-order valence-corrected chi connectivity index (χ0v) is 9.38. The Bertz CT molecular complexity index is 461. The number of benzene rings is 1. The van der Waals surface area contributed by atoms with Crippen LogP contribution in [0.5, 0.6) is 17.4 Å². The lowest BCUT2D eigenvalue weighted by Crippen LogP contribution is -1.90. The molecule has 1 aromatic heterocycles. The average molecular weight is 243 g/mol. The normalized spacial score (nSPS) is 10.0. The van der Waals surface area contributed by atoms with Gasteiger partial charge in [0.15, 0.2) is 11.5 Å². The minimum atomic E-state index is 0.255. The summed E-state index contributed by atoms with van der Waals surface area (Å²) in [6.45, 7) is 0. The first kappa shape index (κ1) is 10.2. The number of hydrogen-bond acceptors (Lipinski definition) is 5. The summed E-state index contributed by atoms with van der Waals surface area (Å²) < 4.78 is 18.3. The van der Waals surface area contributed by atoms with E-state index in [0.717, 1.165) is 11.7 Å². The predicted octanol–water partition coefficient (Wildman–Crippen LogP) is 2.99. The van der Waals surface area contributed by atoms with E-state index in [2.05, 4.69) is 8.75 Å². The summed E-state index contributed by atoms with van der Waals surface area (Å²) in [4.78, 5) is 0. The monoisotopic (exact) mass is 242 g/mol. The van der Waals surface area contributed by atoms with Gasteiger partial charge in [-0.2, -0.15) is 4.37 Å². The lowest BCUT2D eigenvalue weighted by atomic mass is 10.3. The van der Waals surface area contributed by atoms with Crippen molar-refractivity contribution < 1.29 is 9.47 Å². The van der Waals surface area contributed by atoms with E-state index < -0.39 is 0 Å². The highest BCUT2D eigenvalue weighted by atomic mass is 35.5. The minimum Gasteiger partial charge on any atom is -0.493 e. The van der Waals surface area contributed by atoms with Crippen molar-refractivity contribution in [3.05, 3.63) is 29.4 Å². The van der Waals surface area contributed by atoms with Crippen LogP contribution in [0.25, 0.3) is 0 Å². The molecule has 6 heteroatoms. The van der Waals surface area contributed by atoms with Gasteiger partial charge in [-0.15, -0.1) is 4.37 Å². The van der Waals surface area contributed by atoms with Crippen LogP contribution in [0.15, 0.2) is 24.3 Å². The first-order chi connectivity index (χ1) is 7.31. The number of rotatable bonds is 3. The molecule has 0 aliphatic heterocycles. The molecule has 0 amide bonds. The molecule has 2 aromatic rings. The molecule has 0 spiro atoms. The van der Waals surface area contributed by atoms with Crippen molar-refractivity contribution in [1.82, 2.24) is 8.75 Å². The molecule has 15 heavy (non-hydrogen) atoms. The van der Waals surface area contributed by atoms with Crippen molar-refractivity contribution in [3.63, 3.8) is 0 Å². The van der Waals surface area contributed by atoms with E-state index in [1.54, 1.807) is 19.2 Å².